The predicted octanol–water partition coefficient (Wildman–Crippen LogP) is 12.9. The van der Waals surface area contributed by atoms with Crippen molar-refractivity contribution in [3.05, 3.63) is 65.7 Å². The van der Waals surface area contributed by atoms with Crippen molar-refractivity contribution in [2.45, 2.75) is 147 Å². The summed E-state index contributed by atoms with van der Waals surface area (Å²) in [7, 11) is 0. The highest BCUT2D eigenvalue weighted by atomic mass is 32.2. The van der Waals surface area contributed by atoms with Gasteiger partial charge in [-0.1, -0.05) is 148 Å². The van der Waals surface area contributed by atoms with Gasteiger partial charge in [-0.2, -0.15) is 0 Å². The molecule has 2 rings (SSSR count). The van der Waals surface area contributed by atoms with Gasteiger partial charge in [0.2, 0.25) is 0 Å². The van der Waals surface area contributed by atoms with Gasteiger partial charge in [-0.3, -0.25) is 4.79 Å². The number of carbonyl (C=O) groups excluding carboxylic acids is 1. The van der Waals surface area contributed by atoms with Gasteiger partial charge in [-0.05, 0) is 66.6 Å². The fourth-order valence-electron chi connectivity index (χ4n) is 5.19. The van der Waals surface area contributed by atoms with E-state index < -0.39 is 0 Å². The van der Waals surface area contributed by atoms with Crippen molar-refractivity contribution in [2.24, 2.45) is 0 Å². The van der Waals surface area contributed by atoms with Crippen LogP contribution >= 0.6 is 11.8 Å². The average molecular weight is 593 g/mol. The Morgan fingerprint density at radius 3 is 1.57 bits per heavy atom. The number of allylic oxidation sites excluding steroid dienone is 1. The van der Waals surface area contributed by atoms with Crippen LogP contribution in [0.15, 0.2) is 59.5 Å². The Kier molecular flexibility index (Phi) is 22.0. The number of ketones is 1. The van der Waals surface area contributed by atoms with E-state index in [1.54, 1.807) is 6.08 Å². The first kappa shape index (κ1) is 36.2. The van der Waals surface area contributed by atoms with Crippen molar-refractivity contribution in [1.29, 1.82) is 0 Å². The van der Waals surface area contributed by atoms with E-state index in [2.05, 4.69) is 38.1 Å². The zero-order chi connectivity index (χ0) is 29.9. The first-order valence-corrected chi connectivity index (χ1v) is 18.4. The van der Waals surface area contributed by atoms with Crippen molar-refractivity contribution < 1.29 is 9.53 Å². The van der Waals surface area contributed by atoms with Gasteiger partial charge in [0.05, 0.1) is 6.61 Å². The smallest absolute Gasteiger partial charge is 0.185 e. The molecule has 0 radical (unpaired) electrons. The second kappa shape index (κ2) is 25.5. The van der Waals surface area contributed by atoms with Gasteiger partial charge in [0.25, 0.3) is 0 Å². The van der Waals surface area contributed by atoms with Gasteiger partial charge in [-0.25, -0.2) is 0 Å². The molecule has 0 atom stereocenters. The number of unbranched alkanes of at least 4 members (excludes halogenated alkanes) is 18. The van der Waals surface area contributed by atoms with Crippen LogP contribution in [0.3, 0.4) is 0 Å². The van der Waals surface area contributed by atoms with E-state index in [0.29, 0.717) is 5.56 Å². The number of benzene rings is 2. The number of hydrogen-bond donors (Lipinski definition) is 0. The van der Waals surface area contributed by atoms with Crippen molar-refractivity contribution in [3.63, 3.8) is 0 Å². The van der Waals surface area contributed by atoms with Gasteiger partial charge < -0.3 is 4.74 Å². The van der Waals surface area contributed by atoms with Crippen molar-refractivity contribution in [1.82, 2.24) is 0 Å². The molecule has 42 heavy (non-hydrogen) atoms. The number of carbonyl (C=O) groups is 1. The minimum Gasteiger partial charge on any atom is -0.494 e. The Bertz CT molecular complexity index is 932. The summed E-state index contributed by atoms with van der Waals surface area (Å²) in [6, 6.07) is 16.0. The lowest BCUT2D eigenvalue weighted by atomic mass is 10.0. The quantitative estimate of drug-likeness (QED) is 0.0447. The fraction of sp³-hybridized carbons (Fsp3) is 0.615. The molecule has 0 saturated heterocycles. The molecule has 0 N–H and O–H groups in total. The molecule has 0 bridgehead atoms. The topological polar surface area (TPSA) is 26.3 Å². The standard InChI is InChI=1S/C39H60O2S/c1-3-5-7-8-9-10-11-12-13-14-15-16-17-18-19-20-21-22-34-42-38-30-23-35(24-31-38)25-32-39(40)36-26-28-37(29-27-36)41-33-6-4-2/h23-32H,3-22,33-34H2,1-2H3. The highest BCUT2D eigenvalue weighted by Crippen LogP contribution is 2.22. The van der Waals surface area contributed by atoms with Gasteiger partial charge in [0, 0.05) is 10.5 Å². The Balaban J connectivity index is 1.43. The van der Waals surface area contributed by atoms with Crippen molar-refractivity contribution in [3.8, 4) is 5.75 Å². The number of hydrogen-bond acceptors (Lipinski definition) is 3. The van der Waals surface area contributed by atoms with Crippen LogP contribution in [0.5, 0.6) is 5.75 Å². The lowest BCUT2D eigenvalue weighted by Crippen LogP contribution is -1.98. The molecule has 0 saturated carbocycles. The predicted molar refractivity (Wildman–Crippen MR) is 186 cm³/mol. The molecule has 0 aliphatic heterocycles. The molecule has 0 unspecified atom stereocenters. The molecule has 234 valence electrons. The van der Waals surface area contributed by atoms with Crippen LogP contribution in [0.25, 0.3) is 6.08 Å². The molecule has 2 nitrogen and oxygen atoms in total. The Labute approximate surface area is 263 Å². The van der Waals surface area contributed by atoms with Crippen LogP contribution in [0.1, 0.15) is 158 Å². The SMILES string of the molecule is CCCCCCCCCCCCCCCCCCCCSc1ccc(C=CC(=O)c2ccc(OCCCC)cc2)cc1. The summed E-state index contributed by atoms with van der Waals surface area (Å²) in [5.41, 5.74) is 1.74. The summed E-state index contributed by atoms with van der Waals surface area (Å²) >= 11 is 1.94. The number of thioether (sulfide) groups is 1. The summed E-state index contributed by atoms with van der Waals surface area (Å²) < 4.78 is 5.68. The van der Waals surface area contributed by atoms with Gasteiger partial charge in [0.15, 0.2) is 5.78 Å². The molecule has 0 aliphatic carbocycles. The third-order valence-electron chi connectivity index (χ3n) is 7.98. The van der Waals surface area contributed by atoms with Crippen LogP contribution in [0.4, 0.5) is 0 Å². The van der Waals surface area contributed by atoms with E-state index in [1.165, 1.54) is 126 Å². The van der Waals surface area contributed by atoms with Crippen molar-refractivity contribution >= 4 is 23.6 Å². The van der Waals surface area contributed by atoms with E-state index in [9.17, 15) is 4.79 Å². The maximum absolute atomic E-state index is 12.5. The molecular weight excluding hydrogens is 532 g/mol. The zero-order valence-electron chi connectivity index (χ0n) is 27.1. The molecule has 0 fully saturated rings. The molecule has 0 aliphatic rings. The zero-order valence-corrected chi connectivity index (χ0v) is 27.9. The fourth-order valence-corrected chi connectivity index (χ4v) is 6.10. The summed E-state index contributed by atoms with van der Waals surface area (Å²) in [5.74, 6) is 2.02. The van der Waals surface area contributed by atoms with E-state index in [-0.39, 0.29) is 5.78 Å². The third kappa shape index (κ3) is 18.5. The Hall–Kier alpha value is -2.00. The minimum atomic E-state index is 0.0163. The first-order chi connectivity index (χ1) is 20.7. The van der Waals surface area contributed by atoms with Crippen LogP contribution in [0.2, 0.25) is 0 Å². The third-order valence-corrected chi connectivity index (χ3v) is 9.08. The van der Waals surface area contributed by atoms with Crippen molar-refractivity contribution in [2.75, 3.05) is 12.4 Å². The molecule has 3 heteroatoms. The van der Waals surface area contributed by atoms with Crippen LogP contribution < -0.4 is 4.74 Å². The molecular formula is C39H60O2S. The highest BCUT2D eigenvalue weighted by molar-refractivity contribution is 7.99. The molecule has 0 heterocycles. The lowest BCUT2D eigenvalue weighted by molar-refractivity contribution is 0.104. The second-order valence-electron chi connectivity index (χ2n) is 11.9. The maximum atomic E-state index is 12.5. The Morgan fingerprint density at radius 2 is 1.07 bits per heavy atom. The first-order valence-electron chi connectivity index (χ1n) is 17.4. The summed E-state index contributed by atoms with van der Waals surface area (Å²) in [6.07, 6.45) is 31.3. The van der Waals surface area contributed by atoms with E-state index in [0.717, 1.165) is 30.8 Å². The molecule has 0 amide bonds. The highest BCUT2D eigenvalue weighted by Gasteiger charge is 2.03. The molecule has 0 aromatic heterocycles. The average Bonchev–Trinajstić information content (AvgIpc) is 3.02. The number of ether oxygens (including phenoxy) is 1. The normalized spacial score (nSPS) is 11.4. The Morgan fingerprint density at radius 1 is 0.595 bits per heavy atom. The van der Waals surface area contributed by atoms with E-state index in [1.807, 2.05) is 42.1 Å². The monoisotopic (exact) mass is 592 g/mol. The summed E-state index contributed by atoms with van der Waals surface area (Å²) in [5, 5.41) is 0. The molecule has 2 aromatic carbocycles. The summed E-state index contributed by atoms with van der Waals surface area (Å²) in [4.78, 5) is 13.8. The van der Waals surface area contributed by atoms with Gasteiger partial charge in [0.1, 0.15) is 5.75 Å². The van der Waals surface area contributed by atoms with Gasteiger partial charge >= 0.3 is 0 Å². The minimum absolute atomic E-state index is 0.0163. The van der Waals surface area contributed by atoms with Crippen LogP contribution in [-0.2, 0) is 0 Å². The van der Waals surface area contributed by atoms with Crippen LogP contribution in [-0.4, -0.2) is 18.1 Å². The van der Waals surface area contributed by atoms with E-state index in [4.69, 9.17) is 4.74 Å². The van der Waals surface area contributed by atoms with E-state index >= 15 is 0 Å². The molecule has 2 aromatic rings. The largest absolute Gasteiger partial charge is 0.494 e. The second-order valence-corrected chi connectivity index (χ2v) is 13.0. The van der Waals surface area contributed by atoms with Gasteiger partial charge in [-0.15, -0.1) is 11.8 Å². The summed E-state index contributed by atoms with van der Waals surface area (Å²) in [6.45, 7) is 5.16. The lowest BCUT2D eigenvalue weighted by Gasteiger charge is -2.05. The number of rotatable bonds is 27. The molecule has 0 spiro atoms. The van der Waals surface area contributed by atoms with Crippen LogP contribution in [0, 0.1) is 0 Å². The maximum Gasteiger partial charge on any atom is 0.185 e.